The molecular formula is C18H17NO3. The fraction of sp³-hybridized carbons (Fsp3) is 0.222. The summed E-state index contributed by atoms with van der Waals surface area (Å²) in [6.07, 6.45) is 5.44. The summed E-state index contributed by atoms with van der Waals surface area (Å²) in [7, 11) is 0. The van der Waals surface area contributed by atoms with E-state index in [1.807, 2.05) is 32.9 Å². The Labute approximate surface area is 129 Å². The maximum Gasteiger partial charge on any atom is 0.311 e. The summed E-state index contributed by atoms with van der Waals surface area (Å²) in [4.78, 5) is 10.6. The third-order valence-electron chi connectivity index (χ3n) is 3.24. The van der Waals surface area contributed by atoms with Crippen LogP contribution in [0.5, 0.6) is 11.5 Å². The molecule has 0 aliphatic rings. The first-order chi connectivity index (χ1) is 10.3. The van der Waals surface area contributed by atoms with Crippen LogP contribution in [0.25, 0.3) is 0 Å². The summed E-state index contributed by atoms with van der Waals surface area (Å²) < 4.78 is 5.83. The Bertz CT molecular complexity index is 752. The second-order valence-corrected chi connectivity index (χ2v) is 5.93. The third-order valence-corrected chi connectivity index (χ3v) is 3.24. The molecule has 0 aliphatic carbocycles. The number of rotatable bonds is 3. The highest BCUT2D eigenvalue weighted by Gasteiger charge is 2.22. The second-order valence-electron chi connectivity index (χ2n) is 5.93. The molecule has 4 nitrogen and oxygen atoms in total. The Morgan fingerprint density at radius 3 is 2.41 bits per heavy atom. The van der Waals surface area contributed by atoms with Crippen molar-refractivity contribution in [2.24, 2.45) is 0 Å². The van der Waals surface area contributed by atoms with Gasteiger partial charge in [0.15, 0.2) is 0 Å². The highest BCUT2D eigenvalue weighted by Crippen LogP contribution is 2.37. The Kier molecular flexibility index (Phi) is 4.18. The lowest BCUT2D eigenvalue weighted by Gasteiger charge is -2.22. The normalized spacial score (nSPS) is 10.8. The van der Waals surface area contributed by atoms with Gasteiger partial charge in [0.1, 0.15) is 5.75 Å². The molecule has 0 aromatic heterocycles. The first-order valence-corrected chi connectivity index (χ1v) is 6.85. The predicted molar refractivity (Wildman–Crippen MR) is 86.2 cm³/mol. The van der Waals surface area contributed by atoms with Gasteiger partial charge in [-0.05, 0) is 23.6 Å². The molecule has 0 bridgehead atoms. The maximum atomic E-state index is 11.1. The van der Waals surface area contributed by atoms with Crippen molar-refractivity contribution >= 4 is 5.69 Å². The molecule has 0 radical (unpaired) electrons. The number of hydrogen-bond acceptors (Lipinski definition) is 3. The van der Waals surface area contributed by atoms with Crippen LogP contribution in [0.1, 0.15) is 31.9 Å². The van der Waals surface area contributed by atoms with Crippen molar-refractivity contribution in [2.75, 3.05) is 0 Å². The van der Waals surface area contributed by atoms with Gasteiger partial charge < -0.3 is 4.74 Å². The van der Waals surface area contributed by atoms with Crippen LogP contribution in [0.15, 0.2) is 42.5 Å². The van der Waals surface area contributed by atoms with Gasteiger partial charge in [0.05, 0.1) is 4.92 Å². The summed E-state index contributed by atoms with van der Waals surface area (Å²) in [5, 5.41) is 11.1. The van der Waals surface area contributed by atoms with E-state index in [-0.39, 0.29) is 16.9 Å². The molecule has 0 heterocycles. The smallest absolute Gasteiger partial charge is 0.311 e. The van der Waals surface area contributed by atoms with Gasteiger partial charge in [-0.1, -0.05) is 44.9 Å². The summed E-state index contributed by atoms with van der Waals surface area (Å²) in [6.45, 7) is 6.14. The zero-order chi connectivity index (χ0) is 16.3. The standard InChI is InChI=1S/C18H17NO3/c1-5-13-10-11-14(18(2,3)4)17(12-13)22-16-9-7-6-8-15(16)19(20)21/h1,6-12H,2-4H3. The molecule has 0 N–H and O–H groups in total. The first kappa shape index (κ1) is 15.6. The maximum absolute atomic E-state index is 11.1. The molecule has 0 aliphatic heterocycles. The van der Waals surface area contributed by atoms with Gasteiger partial charge >= 0.3 is 5.69 Å². The van der Waals surface area contributed by atoms with Crippen LogP contribution < -0.4 is 4.74 Å². The van der Waals surface area contributed by atoms with Crippen LogP contribution in [-0.2, 0) is 5.41 Å². The second kappa shape index (κ2) is 5.90. The topological polar surface area (TPSA) is 52.4 Å². The molecule has 22 heavy (non-hydrogen) atoms. The monoisotopic (exact) mass is 295 g/mol. The summed E-state index contributed by atoms with van der Waals surface area (Å²) >= 11 is 0. The Balaban J connectivity index is 2.54. The van der Waals surface area contributed by atoms with Gasteiger partial charge in [-0.25, -0.2) is 0 Å². The molecule has 2 aromatic carbocycles. The molecule has 0 unspecified atom stereocenters. The van der Waals surface area contributed by atoms with Crippen molar-refractivity contribution in [1.82, 2.24) is 0 Å². The SMILES string of the molecule is C#Cc1ccc(C(C)(C)C)c(Oc2ccccc2[N+](=O)[O-])c1. The van der Waals surface area contributed by atoms with Gasteiger partial charge in [-0.2, -0.15) is 0 Å². The first-order valence-electron chi connectivity index (χ1n) is 6.85. The Morgan fingerprint density at radius 2 is 1.82 bits per heavy atom. The number of para-hydroxylation sites is 2. The third kappa shape index (κ3) is 3.26. The van der Waals surface area contributed by atoms with Gasteiger partial charge in [-0.3, -0.25) is 10.1 Å². The van der Waals surface area contributed by atoms with Crippen LogP contribution >= 0.6 is 0 Å². The molecule has 0 amide bonds. The largest absolute Gasteiger partial charge is 0.450 e. The average molecular weight is 295 g/mol. The highest BCUT2D eigenvalue weighted by atomic mass is 16.6. The lowest BCUT2D eigenvalue weighted by molar-refractivity contribution is -0.385. The summed E-state index contributed by atoms with van der Waals surface area (Å²) in [6, 6.07) is 11.8. The van der Waals surface area contributed by atoms with Gasteiger partial charge in [0.2, 0.25) is 5.75 Å². The molecular weight excluding hydrogens is 278 g/mol. The van der Waals surface area contributed by atoms with E-state index in [0.717, 1.165) is 5.56 Å². The van der Waals surface area contributed by atoms with Crippen molar-refractivity contribution < 1.29 is 9.66 Å². The molecule has 0 saturated heterocycles. The van der Waals surface area contributed by atoms with Crippen molar-refractivity contribution in [3.8, 4) is 23.8 Å². The van der Waals surface area contributed by atoms with E-state index >= 15 is 0 Å². The number of nitro groups is 1. The van der Waals surface area contributed by atoms with E-state index in [4.69, 9.17) is 11.2 Å². The molecule has 0 atom stereocenters. The van der Waals surface area contributed by atoms with E-state index in [1.165, 1.54) is 6.07 Å². The van der Waals surface area contributed by atoms with Crippen molar-refractivity contribution in [1.29, 1.82) is 0 Å². The van der Waals surface area contributed by atoms with Crippen LogP contribution in [0.2, 0.25) is 0 Å². The van der Waals surface area contributed by atoms with E-state index in [9.17, 15) is 10.1 Å². The number of hydrogen-bond donors (Lipinski definition) is 0. The average Bonchev–Trinajstić information content (AvgIpc) is 2.46. The number of benzene rings is 2. The number of ether oxygens (including phenoxy) is 1. The molecule has 2 rings (SSSR count). The molecule has 4 heteroatoms. The van der Waals surface area contributed by atoms with E-state index in [1.54, 1.807) is 24.3 Å². The van der Waals surface area contributed by atoms with E-state index in [0.29, 0.717) is 11.3 Å². The van der Waals surface area contributed by atoms with Gasteiger partial charge in [0.25, 0.3) is 0 Å². The van der Waals surface area contributed by atoms with Crippen LogP contribution in [-0.4, -0.2) is 4.92 Å². The summed E-state index contributed by atoms with van der Waals surface area (Å²) in [5.74, 6) is 3.30. The zero-order valence-electron chi connectivity index (χ0n) is 12.8. The quantitative estimate of drug-likeness (QED) is 0.470. The van der Waals surface area contributed by atoms with Crippen molar-refractivity contribution in [3.05, 3.63) is 63.7 Å². The lowest BCUT2D eigenvalue weighted by Crippen LogP contribution is -2.12. The fourth-order valence-electron chi connectivity index (χ4n) is 2.13. The lowest BCUT2D eigenvalue weighted by atomic mass is 9.86. The van der Waals surface area contributed by atoms with Crippen LogP contribution in [0.4, 0.5) is 5.69 Å². The van der Waals surface area contributed by atoms with E-state index in [2.05, 4.69) is 5.92 Å². The highest BCUT2D eigenvalue weighted by molar-refractivity contribution is 5.52. The minimum absolute atomic E-state index is 0.0755. The number of nitrogens with zero attached hydrogens (tertiary/aromatic N) is 1. The fourth-order valence-corrected chi connectivity index (χ4v) is 2.13. The minimum atomic E-state index is -0.461. The van der Waals surface area contributed by atoms with Crippen molar-refractivity contribution in [2.45, 2.75) is 26.2 Å². The van der Waals surface area contributed by atoms with Gasteiger partial charge in [0, 0.05) is 17.2 Å². The molecule has 2 aromatic rings. The summed E-state index contributed by atoms with van der Waals surface area (Å²) in [5.41, 5.74) is 1.35. The van der Waals surface area contributed by atoms with Gasteiger partial charge in [-0.15, -0.1) is 6.42 Å². The minimum Gasteiger partial charge on any atom is -0.450 e. The van der Waals surface area contributed by atoms with E-state index < -0.39 is 4.92 Å². The van der Waals surface area contributed by atoms with Crippen molar-refractivity contribution in [3.63, 3.8) is 0 Å². The molecule has 112 valence electrons. The van der Waals surface area contributed by atoms with Crippen LogP contribution in [0, 0.1) is 22.5 Å². The van der Waals surface area contributed by atoms with Crippen LogP contribution in [0.3, 0.4) is 0 Å². The molecule has 0 fully saturated rings. The molecule has 0 spiro atoms. The number of nitro benzene ring substituents is 1. The Morgan fingerprint density at radius 1 is 1.14 bits per heavy atom. The zero-order valence-corrected chi connectivity index (χ0v) is 12.8. The molecule has 0 saturated carbocycles. The predicted octanol–water partition coefficient (Wildman–Crippen LogP) is 4.67. The number of terminal acetylenes is 1. The Hall–Kier alpha value is -2.80.